The van der Waals surface area contributed by atoms with Gasteiger partial charge in [-0.1, -0.05) is 26.0 Å². The zero-order valence-electron chi connectivity index (χ0n) is 10.5. The molecule has 0 aliphatic carbocycles. The van der Waals surface area contributed by atoms with Gasteiger partial charge in [-0.3, -0.25) is 4.79 Å². The van der Waals surface area contributed by atoms with Gasteiger partial charge >= 0.3 is 5.51 Å². The maximum Gasteiger partial charge on any atom is 0.446 e. The summed E-state index contributed by atoms with van der Waals surface area (Å²) in [5.74, 6) is 0.0660. The summed E-state index contributed by atoms with van der Waals surface area (Å²) < 4.78 is 36.4. The fourth-order valence-electron chi connectivity index (χ4n) is 1.44. The summed E-state index contributed by atoms with van der Waals surface area (Å²) in [5.41, 5.74) is -3.89. The second-order valence-electron chi connectivity index (χ2n) is 4.81. The van der Waals surface area contributed by atoms with Gasteiger partial charge in [0.15, 0.2) is 0 Å². The van der Waals surface area contributed by atoms with Crippen molar-refractivity contribution in [3.8, 4) is 0 Å². The number of hydrogen-bond donors (Lipinski definition) is 0. The smallest absolute Gasteiger partial charge is 0.299 e. The van der Waals surface area contributed by atoms with Crippen molar-refractivity contribution in [2.75, 3.05) is 0 Å². The zero-order chi connectivity index (χ0) is 14.0. The van der Waals surface area contributed by atoms with Crippen LogP contribution >= 0.6 is 11.8 Å². The van der Waals surface area contributed by atoms with Crippen LogP contribution < -0.4 is 0 Å². The Hall–Kier alpha value is -0.970. The molecule has 0 heterocycles. The second kappa shape index (κ2) is 5.34. The summed E-state index contributed by atoms with van der Waals surface area (Å²) in [7, 11) is 0. The second-order valence-corrected chi connectivity index (χ2v) is 5.95. The minimum absolute atomic E-state index is 0.0660. The minimum atomic E-state index is -4.26. The molecule has 0 saturated carbocycles. The monoisotopic (exact) mass is 276 g/mol. The van der Waals surface area contributed by atoms with Gasteiger partial charge in [0, 0.05) is 10.3 Å². The molecule has 0 N–H and O–H groups in total. The van der Waals surface area contributed by atoms with Crippen molar-refractivity contribution < 1.29 is 18.0 Å². The Labute approximate surface area is 109 Å². The molecule has 1 aromatic carbocycles. The highest BCUT2D eigenvalue weighted by atomic mass is 32.2. The number of carbonyl (C=O) groups is 1. The quantitative estimate of drug-likeness (QED) is 0.755. The Bertz CT molecular complexity index is 421. The summed E-state index contributed by atoms with van der Waals surface area (Å²) in [4.78, 5) is 11.5. The Kier molecular flexibility index (Phi) is 4.48. The number of alkyl halides is 3. The van der Waals surface area contributed by atoms with Crippen LogP contribution in [0.1, 0.15) is 26.3 Å². The summed E-state index contributed by atoms with van der Waals surface area (Å²) >= 11 is -0.133. The molecular formula is C13H15F3OS. The van der Waals surface area contributed by atoms with Crippen LogP contribution in [0.4, 0.5) is 13.2 Å². The van der Waals surface area contributed by atoms with Crippen molar-refractivity contribution in [1.82, 2.24) is 0 Å². The minimum Gasteiger partial charge on any atom is -0.299 e. The van der Waals surface area contributed by atoms with Gasteiger partial charge in [-0.2, -0.15) is 13.2 Å². The Morgan fingerprint density at radius 1 is 1.17 bits per heavy atom. The summed E-state index contributed by atoms with van der Waals surface area (Å²) in [6.07, 6.45) is 0.527. The van der Waals surface area contributed by atoms with Crippen LogP contribution in [0.5, 0.6) is 0 Å². The van der Waals surface area contributed by atoms with Crippen LogP contribution in [0.25, 0.3) is 0 Å². The standard InChI is InChI=1S/C13H15F3OS/c1-9(17)12(2,3)8-10-4-6-11(7-5-10)18-13(14,15)16/h4-7H,8H2,1-3H3. The molecule has 0 amide bonds. The molecule has 0 spiro atoms. The number of halogens is 3. The van der Waals surface area contributed by atoms with Crippen molar-refractivity contribution in [3.05, 3.63) is 29.8 Å². The maximum atomic E-state index is 12.1. The average Bonchev–Trinajstić information content (AvgIpc) is 2.18. The molecule has 100 valence electrons. The van der Waals surface area contributed by atoms with Crippen molar-refractivity contribution in [3.63, 3.8) is 0 Å². The van der Waals surface area contributed by atoms with Gasteiger partial charge in [0.2, 0.25) is 0 Å². The molecule has 1 aromatic rings. The van der Waals surface area contributed by atoms with E-state index in [0.29, 0.717) is 6.42 Å². The third-order valence-electron chi connectivity index (χ3n) is 2.76. The van der Waals surface area contributed by atoms with Crippen LogP contribution in [0, 0.1) is 5.41 Å². The van der Waals surface area contributed by atoms with Crippen molar-refractivity contribution in [1.29, 1.82) is 0 Å². The van der Waals surface area contributed by atoms with E-state index in [-0.39, 0.29) is 22.4 Å². The highest BCUT2D eigenvalue weighted by Crippen LogP contribution is 2.37. The van der Waals surface area contributed by atoms with Gasteiger partial charge < -0.3 is 0 Å². The van der Waals surface area contributed by atoms with Gasteiger partial charge in [0.05, 0.1) is 0 Å². The molecule has 0 unspecified atom stereocenters. The van der Waals surface area contributed by atoms with Crippen LogP contribution in [0.2, 0.25) is 0 Å². The molecule has 5 heteroatoms. The largest absolute Gasteiger partial charge is 0.446 e. The first-order valence-corrected chi connectivity index (χ1v) is 6.27. The van der Waals surface area contributed by atoms with Crippen LogP contribution in [-0.4, -0.2) is 11.3 Å². The van der Waals surface area contributed by atoms with Crippen LogP contribution in [-0.2, 0) is 11.2 Å². The predicted octanol–water partition coefficient (Wildman–Crippen LogP) is 4.46. The van der Waals surface area contributed by atoms with E-state index in [4.69, 9.17) is 0 Å². The van der Waals surface area contributed by atoms with E-state index >= 15 is 0 Å². The van der Waals surface area contributed by atoms with Crippen molar-refractivity contribution in [2.45, 2.75) is 37.6 Å². The molecule has 0 bridgehead atoms. The number of Topliss-reactive ketones (excluding diaryl/α,β-unsaturated/α-hetero) is 1. The maximum absolute atomic E-state index is 12.1. The molecule has 0 atom stereocenters. The topological polar surface area (TPSA) is 17.1 Å². The number of thioether (sulfide) groups is 1. The number of rotatable bonds is 4. The number of benzene rings is 1. The van der Waals surface area contributed by atoms with Crippen LogP contribution in [0.15, 0.2) is 29.2 Å². The van der Waals surface area contributed by atoms with Gasteiger partial charge in [0.1, 0.15) is 5.78 Å². The van der Waals surface area contributed by atoms with Crippen molar-refractivity contribution in [2.24, 2.45) is 5.41 Å². The van der Waals surface area contributed by atoms with E-state index in [2.05, 4.69) is 0 Å². The first-order chi connectivity index (χ1) is 8.10. The summed E-state index contributed by atoms with van der Waals surface area (Å²) in [5, 5.41) is 0. The number of carbonyl (C=O) groups excluding carboxylic acids is 1. The Morgan fingerprint density at radius 2 is 1.67 bits per heavy atom. The average molecular weight is 276 g/mol. The van der Waals surface area contributed by atoms with E-state index in [1.807, 2.05) is 13.8 Å². The van der Waals surface area contributed by atoms with Gasteiger partial charge in [0.25, 0.3) is 0 Å². The lowest BCUT2D eigenvalue weighted by Gasteiger charge is -2.21. The highest BCUT2D eigenvalue weighted by molar-refractivity contribution is 8.00. The molecule has 0 aliphatic heterocycles. The van der Waals surface area contributed by atoms with Gasteiger partial charge in [-0.15, -0.1) is 0 Å². The molecule has 0 aliphatic rings. The van der Waals surface area contributed by atoms with Crippen molar-refractivity contribution >= 4 is 17.5 Å². The number of ketones is 1. The fraction of sp³-hybridized carbons (Fsp3) is 0.462. The normalized spacial score (nSPS) is 12.6. The third-order valence-corrected chi connectivity index (χ3v) is 3.50. The van der Waals surface area contributed by atoms with E-state index in [1.54, 1.807) is 12.1 Å². The Morgan fingerprint density at radius 3 is 2.06 bits per heavy atom. The van der Waals surface area contributed by atoms with E-state index in [0.717, 1.165) is 5.56 Å². The molecule has 1 rings (SSSR count). The first kappa shape index (κ1) is 15.1. The van der Waals surface area contributed by atoms with Crippen LogP contribution in [0.3, 0.4) is 0 Å². The van der Waals surface area contributed by atoms with E-state index in [1.165, 1.54) is 19.1 Å². The molecule has 0 fully saturated rings. The number of hydrogen-bond acceptors (Lipinski definition) is 2. The van der Waals surface area contributed by atoms with Gasteiger partial charge in [-0.25, -0.2) is 0 Å². The molecular weight excluding hydrogens is 261 g/mol. The fourth-order valence-corrected chi connectivity index (χ4v) is 1.98. The lowest BCUT2D eigenvalue weighted by molar-refractivity contribution is -0.124. The summed E-state index contributed by atoms with van der Waals surface area (Å²) in [6, 6.07) is 6.14. The van der Waals surface area contributed by atoms with E-state index < -0.39 is 10.9 Å². The lowest BCUT2D eigenvalue weighted by atomic mass is 9.82. The van der Waals surface area contributed by atoms with E-state index in [9.17, 15) is 18.0 Å². The predicted molar refractivity (Wildman–Crippen MR) is 66.5 cm³/mol. The SMILES string of the molecule is CC(=O)C(C)(C)Cc1ccc(SC(F)(F)F)cc1. The molecule has 0 saturated heterocycles. The van der Waals surface area contributed by atoms with Gasteiger partial charge in [-0.05, 0) is 42.8 Å². The molecule has 0 aromatic heterocycles. The highest BCUT2D eigenvalue weighted by Gasteiger charge is 2.29. The molecule has 0 radical (unpaired) electrons. The lowest BCUT2D eigenvalue weighted by Crippen LogP contribution is -2.23. The summed E-state index contributed by atoms with van der Waals surface area (Å²) in [6.45, 7) is 5.18. The molecule has 1 nitrogen and oxygen atoms in total. The molecule has 18 heavy (non-hydrogen) atoms. The first-order valence-electron chi connectivity index (χ1n) is 5.46. The third kappa shape index (κ3) is 4.72. The Balaban J connectivity index is 2.75. The zero-order valence-corrected chi connectivity index (χ0v) is 11.3.